The van der Waals surface area contributed by atoms with Crippen molar-refractivity contribution in [3.63, 3.8) is 0 Å². The zero-order chi connectivity index (χ0) is 29.0. The largest absolute Gasteiger partial charge is 0.448 e. The van der Waals surface area contributed by atoms with Gasteiger partial charge >= 0.3 is 21.5 Å². The number of ether oxygens (including phenoxy) is 1. The van der Waals surface area contributed by atoms with Crippen LogP contribution in [0.1, 0.15) is 87.2 Å². The third-order valence-electron chi connectivity index (χ3n) is 8.44. The quantitative estimate of drug-likeness (QED) is 0.151. The number of rotatable bonds is 9. The summed E-state index contributed by atoms with van der Waals surface area (Å²) in [6.45, 7) is 3.11. The molecule has 0 amide bonds. The van der Waals surface area contributed by atoms with E-state index >= 15 is 0 Å². The van der Waals surface area contributed by atoms with Crippen LogP contribution in [0.3, 0.4) is 0 Å². The third-order valence-corrected chi connectivity index (χ3v) is 11.6. The number of halogens is 2. The maximum absolute atomic E-state index is 14.0. The monoisotopic (exact) mass is 600 g/mol. The van der Waals surface area contributed by atoms with E-state index in [-0.39, 0.29) is 5.75 Å². The van der Waals surface area contributed by atoms with E-state index in [4.69, 9.17) is 9.29 Å². The second-order valence-electron chi connectivity index (χ2n) is 11.2. The van der Waals surface area contributed by atoms with Crippen LogP contribution in [0.25, 0.3) is 0 Å². The van der Waals surface area contributed by atoms with Crippen LogP contribution < -0.4 is 4.74 Å². The van der Waals surface area contributed by atoms with Gasteiger partial charge in [0.25, 0.3) is 0 Å². The van der Waals surface area contributed by atoms with Gasteiger partial charge in [-0.25, -0.2) is 0 Å². The first kappa shape index (κ1) is 29.9. The summed E-state index contributed by atoms with van der Waals surface area (Å²) in [6.07, 6.45) is 10.4. The van der Waals surface area contributed by atoms with Crippen LogP contribution in [0.15, 0.2) is 87.5 Å². The molecule has 2 aliphatic carbocycles. The van der Waals surface area contributed by atoms with E-state index in [2.05, 4.69) is 55.5 Å². The number of hydrogen-bond donors (Lipinski definition) is 1. The molecule has 0 spiro atoms. The number of alkyl halides is 2. The van der Waals surface area contributed by atoms with Crippen LogP contribution in [0, 0.1) is 6.92 Å². The Hall–Kier alpha value is -2.55. The van der Waals surface area contributed by atoms with Gasteiger partial charge < -0.3 is 4.74 Å². The lowest BCUT2D eigenvalue weighted by molar-refractivity contribution is -0.0108. The molecule has 2 saturated carbocycles. The Balaban J connectivity index is 1.42. The molecule has 0 bridgehead atoms. The number of benzene rings is 3. The van der Waals surface area contributed by atoms with Crippen molar-refractivity contribution in [1.82, 2.24) is 0 Å². The fraction of sp³-hybridized carbons (Fsp3) is 0.424. The minimum atomic E-state index is -5.66. The Morgan fingerprint density at radius 3 is 1.44 bits per heavy atom. The van der Waals surface area contributed by atoms with Gasteiger partial charge in [0.2, 0.25) is 0 Å². The van der Waals surface area contributed by atoms with Crippen molar-refractivity contribution < 1.29 is 26.5 Å². The molecule has 218 valence electrons. The normalized spacial score (nSPS) is 18.3. The molecule has 0 aliphatic heterocycles. The molecule has 0 aromatic heterocycles. The summed E-state index contributed by atoms with van der Waals surface area (Å²) in [5, 5.41) is -4.53. The van der Waals surface area contributed by atoms with E-state index in [0.29, 0.717) is 11.8 Å². The van der Waals surface area contributed by atoms with E-state index in [0.717, 1.165) is 14.7 Å². The molecule has 1 N–H and O–H groups in total. The Morgan fingerprint density at radius 1 is 0.707 bits per heavy atom. The zero-order valence-electron chi connectivity index (χ0n) is 23.2. The van der Waals surface area contributed by atoms with Gasteiger partial charge in [0.15, 0.2) is 14.7 Å². The number of hydrogen-bond acceptors (Lipinski definition) is 3. The molecule has 1 atom stereocenters. The van der Waals surface area contributed by atoms with Crippen LogP contribution in [0.2, 0.25) is 0 Å². The fourth-order valence-electron chi connectivity index (χ4n) is 6.09. The summed E-state index contributed by atoms with van der Waals surface area (Å²) in [7, 11) is -6.11. The SMILES string of the molecule is [CH2+]C(Oc1ccc([S+](c2ccc(C3CCCCC3)cc2)c2ccc(C3CCCCC3)cc2)cc1)C(F)(F)S(=O)(=O)O. The Bertz CT molecular complexity index is 1320. The predicted octanol–water partition coefficient (Wildman–Crippen LogP) is 8.94. The Morgan fingerprint density at radius 2 is 1.07 bits per heavy atom. The summed E-state index contributed by atoms with van der Waals surface area (Å²) < 4.78 is 64.1. The molecule has 0 saturated heterocycles. The highest BCUT2D eigenvalue weighted by molar-refractivity contribution is 7.97. The van der Waals surface area contributed by atoms with Gasteiger partial charge in [-0.05, 0) is 97.2 Å². The fourth-order valence-corrected chi connectivity index (χ4v) is 8.51. The zero-order valence-corrected chi connectivity index (χ0v) is 24.8. The van der Waals surface area contributed by atoms with Crippen molar-refractivity contribution in [2.24, 2.45) is 0 Å². The third kappa shape index (κ3) is 6.92. The van der Waals surface area contributed by atoms with E-state index in [1.807, 2.05) is 12.1 Å². The lowest BCUT2D eigenvalue weighted by Crippen LogP contribution is -2.42. The molecule has 1 unspecified atom stereocenters. The lowest BCUT2D eigenvalue weighted by atomic mass is 9.84. The van der Waals surface area contributed by atoms with Crippen LogP contribution in [-0.2, 0) is 21.0 Å². The first-order chi connectivity index (χ1) is 19.6. The highest BCUT2D eigenvalue weighted by atomic mass is 32.2. The lowest BCUT2D eigenvalue weighted by Gasteiger charge is -2.22. The molecule has 3 aromatic rings. The van der Waals surface area contributed by atoms with Crippen molar-refractivity contribution in [1.29, 1.82) is 0 Å². The molecule has 41 heavy (non-hydrogen) atoms. The summed E-state index contributed by atoms with van der Waals surface area (Å²) in [5.41, 5.74) is 2.77. The van der Waals surface area contributed by atoms with Crippen LogP contribution in [0.5, 0.6) is 5.75 Å². The van der Waals surface area contributed by atoms with Gasteiger partial charge in [-0.15, -0.1) is 0 Å². The summed E-state index contributed by atoms with van der Waals surface area (Å²) in [6, 6.07) is 24.6. The van der Waals surface area contributed by atoms with Gasteiger partial charge in [-0.3, -0.25) is 4.55 Å². The Labute approximate surface area is 245 Å². The van der Waals surface area contributed by atoms with Gasteiger partial charge in [-0.2, -0.15) is 17.2 Å². The van der Waals surface area contributed by atoms with Crippen LogP contribution in [-0.4, -0.2) is 24.3 Å². The molecular formula is C33H38F2O4S2+2. The standard InChI is InChI=1S/C33H37F2O4S2/c1-24(33(34,35)41(36,37)38)39-29-16-22-32(23-17-29)40(30-18-12-27(13-19-30)25-8-4-2-5-9-25)31-20-14-28(15-21-31)26-10-6-3-7-11-26/h12-26H,1-11H2/q+1/p+1. The molecule has 0 heterocycles. The van der Waals surface area contributed by atoms with Gasteiger partial charge in [0.05, 0.1) is 10.9 Å². The van der Waals surface area contributed by atoms with E-state index in [1.165, 1.54) is 75.3 Å². The van der Waals surface area contributed by atoms with E-state index in [9.17, 15) is 17.2 Å². The van der Waals surface area contributed by atoms with Gasteiger partial charge in [-0.1, -0.05) is 62.8 Å². The van der Waals surface area contributed by atoms with E-state index in [1.54, 1.807) is 12.1 Å². The van der Waals surface area contributed by atoms with Crippen LogP contribution >= 0.6 is 0 Å². The molecule has 2 aliphatic rings. The van der Waals surface area contributed by atoms with E-state index < -0.39 is 32.4 Å². The van der Waals surface area contributed by atoms with Gasteiger partial charge in [0, 0.05) is 0 Å². The second-order valence-corrected chi connectivity index (χ2v) is 14.7. The molecule has 5 rings (SSSR count). The van der Waals surface area contributed by atoms with Crippen LogP contribution in [0.4, 0.5) is 8.78 Å². The maximum atomic E-state index is 14.0. The average Bonchev–Trinajstić information content (AvgIpc) is 2.99. The molecule has 8 heteroatoms. The predicted molar refractivity (Wildman–Crippen MR) is 159 cm³/mol. The molecule has 2 fully saturated rings. The maximum Gasteiger partial charge on any atom is 0.448 e. The van der Waals surface area contributed by atoms with Crippen molar-refractivity contribution in [3.8, 4) is 5.75 Å². The molecule has 3 aromatic carbocycles. The van der Waals surface area contributed by atoms with Crippen molar-refractivity contribution in [3.05, 3.63) is 90.8 Å². The summed E-state index contributed by atoms with van der Waals surface area (Å²) in [4.78, 5) is 3.31. The first-order valence-corrected chi connectivity index (χ1v) is 17.2. The highest BCUT2D eigenvalue weighted by Crippen LogP contribution is 2.38. The summed E-state index contributed by atoms with van der Waals surface area (Å²) >= 11 is 0. The topological polar surface area (TPSA) is 63.6 Å². The Kier molecular flexibility index (Phi) is 9.31. The minimum absolute atomic E-state index is 0.0425. The average molecular weight is 601 g/mol. The smallest absolute Gasteiger partial charge is 0.444 e. The van der Waals surface area contributed by atoms with Crippen molar-refractivity contribution in [2.75, 3.05) is 0 Å². The molecule has 4 nitrogen and oxygen atoms in total. The molecule has 0 radical (unpaired) electrons. The first-order valence-electron chi connectivity index (χ1n) is 14.5. The summed E-state index contributed by atoms with van der Waals surface area (Å²) in [5.74, 6) is 1.27. The minimum Gasteiger partial charge on any atom is -0.444 e. The highest BCUT2D eigenvalue weighted by Gasteiger charge is 2.56. The van der Waals surface area contributed by atoms with Gasteiger partial charge in [0.1, 0.15) is 12.7 Å². The molecular weight excluding hydrogens is 562 g/mol. The van der Waals surface area contributed by atoms with Crippen molar-refractivity contribution >= 4 is 21.0 Å². The van der Waals surface area contributed by atoms with Crippen molar-refractivity contribution in [2.45, 2.75) is 102 Å². The second kappa shape index (κ2) is 12.8.